The second-order valence-electron chi connectivity index (χ2n) is 4.08. The quantitative estimate of drug-likeness (QED) is 0.775. The largest absolute Gasteiger partial charge is 0.496 e. The van der Waals surface area contributed by atoms with Crippen LogP contribution in [0.3, 0.4) is 0 Å². The molecular formula is C11H16N2O. The summed E-state index contributed by atoms with van der Waals surface area (Å²) in [5, 5.41) is 0. The van der Waals surface area contributed by atoms with Crippen LogP contribution in [-0.4, -0.2) is 12.1 Å². The van der Waals surface area contributed by atoms with Gasteiger partial charge >= 0.3 is 0 Å². The molecule has 0 amide bonds. The Kier molecular flexibility index (Phi) is 2.00. The van der Waals surface area contributed by atoms with Crippen LogP contribution >= 0.6 is 0 Å². The standard InChI is InChI=1S/C11H16N2O/c1-7-6-9(14-3)10(8(2)13-7)11(12)4-5-11/h6H,4-5,12H2,1-3H3. The fraction of sp³-hybridized carbons (Fsp3) is 0.545. The van der Waals surface area contributed by atoms with Crippen molar-refractivity contribution in [2.75, 3.05) is 7.11 Å². The number of aryl methyl sites for hydroxylation is 2. The Morgan fingerprint density at radius 1 is 1.43 bits per heavy atom. The van der Waals surface area contributed by atoms with Gasteiger partial charge in [0.05, 0.1) is 7.11 Å². The minimum absolute atomic E-state index is 0.171. The normalized spacial score (nSPS) is 18.0. The Labute approximate surface area is 84.3 Å². The highest BCUT2D eigenvalue weighted by Gasteiger charge is 2.43. The molecule has 0 radical (unpaired) electrons. The van der Waals surface area contributed by atoms with Crippen molar-refractivity contribution in [3.05, 3.63) is 23.0 Å². The van der Waals surface area contributed by atoms with Crippen LogP contribution in [0.4, 0.5) is 0 Å². The van der Waals surface area contributed by atoms with Gasteiger partial charge in [-0.2, -0.15) is 0 Å². The molecule has 2 N–H and O–H groups in total. The second-order valence-corrected chi connectivity index (χ2v) is 4.08. The molecule has 3 nitrogen and oxygen atoms in total. The number of pyridine rings is 1. The molecule has 0 aromatic carbocycles. The second kappa shape index (κ2) is 2.95. The average molecular weight is 192 g/mol. The first-order valence-electron chi connectivity index (χ1n) is 4.88. The van der Waals surface area contributed by atoms with E-state index in [1.54, 1.807) is 7.11 Å². The highest BCUT2D eigenvalue weighted by molar-refractivity contribution is 5.45. The van der Waals surface area contributed by atoms with Gasteiger partial charge in [-0.1, -0.05) is 0 Å². The number of aromatic nitrogens is 1. The van der Waals surface area contributed by atoms with Crippen molar-refractivity contribution in [3.8, 4) is 5.75 Å². The molecule has 76 valence electrons. The summed E-state index contributed by atoms with van der Waals surface area (Å²) in [6.07, 6.45) is 2.07. The van der Waals surface area contributed by atoms with Crippen molar-refractivity contribution in [2.45, 2.75) is 32.2 Å². The monoisotopic (exact) mass is 192 g/mol. The number of ether oxygens (including phenoxy) is 1. The van der Waals surface area contributed by atoms with Gasteiger partial charge in [0, 0.05) is 28.6 Å². The van der Waals surface area contributed by atoms with E-state index in [2.05, 4.69) is 4.98 Å². The van der Waals surface area contributed by atoms with E-state index < -0.39 is 0 Å². The van der Waals surface area contributed by atoms with Crippen molar-refractivity contribution >= 4 is 0 Å². The predicted octanol–water partition coefficient (Wildman–Crippen LogP) is 1.65. The van der Waals surface area contributed by atoms with E-state index >= 15 is 0 Å². The first-order valence-corrected chi connectivity index (χ1v) is 4.88. The molecule has 1 aromatic rings. The van der Waals surface area contributed by atoms with Gasteiger partial charge in [-0.3, -0.25) is 4.98 Å². The summed E-state index contributed by atoms with van der Waals surface area (Å²) in [6, 6.07) is 1.95. The zero-order chi connectivity index (χ0) is 10.3. The van der Waals surface area contributed by atoms with E-state index in [1.165, 1.54) is 0 Å². The summed E-state index contributed by atoms with van der Waals surface area (Å²) in [7, 11) is 1.68. The van der Waals surface area contributed by atoms with E-state index in [0.717, 1.165) is 35.5 Å². The maximum Gasteiger partial charge on any atom is 0.127 e. The molecule has 1 saturated carbocycles. The molecule has 0 unspecified atom stereocenters. The van der Waals surface area contributed by atoms with Gasteiger partial charge in [-0.05, 0) is 26.7 Å². The third-order valence-corrected chi connectivity index (χ3v) is 2.80. The molecule has 1 aliphatic carbocycles. The smallest absolute Gasteiger partial charge is 0.127 e. The first-order chi connectivity index (χ1) is 6.57. The molecule has 3 heteroatoms. The molecule has 14 heavy (non-hydrogen) atoms. The topological polar surface area (TPSA) is 48.1 Å². The van der Waals surface area contributed by atoms with Crippen LogP contribution in [0.1, 0.15) is 29.8 Å². The lowest BCUT2D eigenvalue weighted by atomic mass is 10.0. The van der Waals surface area contributed by atoms with E-state index in [-0.39, 0.29) is 5.54 Å². The SMILES string of the molecule is COc1cc(C)nc(C)c1C1(N)CC1. The maximum absolute atomic E-state index is 6.18. The number of hydrogen-bond donors (Lipinski definition) is 1. The lowest BCUT2D eigenvalue weighted by Gasteiger charge is -2.17. The van der Waals surface area contributed by atoms with Gasteiger partial charge in [0.2, 0.25) is 0 Å². The average Bonchev–Trinajstić information content (AvgIpc) is 2.82. The Morgan fingerprint density at radius 3 is 2.57 bits per heavy atom. The summed E-state index contributed by atoms with van der Waals surface area (Å²) in [5.41, 5.74) is 9.07. The summed E-state index contributed by atoms with van der Waals surface area (Å²) in [4.78, 5) is 4.43. The van der Waals surface area contributed by atoms with Crippen molar-refractivity contribution in [3.63, 3.8) is 0 Å². The summed E-state index contributed by atoms with van der Waals surface area (Å²) in [5.74, 6) is 0.884. The van der Waals surface area contributed by atoms with E-state index in [4.69, 9.17) is 10.5 Å². The van der Waals surface area contributed by atoms with Crippen LogP contribution in [0.2, 0.25) is 0 Å². The number of hydrogen-bond acceptors (Lipinski definition) is 3. The van der Waals surface area contributed by atoms with Gasteiger partial charge in [-0.15, -0.1) is 0 Å². The van der Waals surface area contributed by atoms with E-state index in [0.29, 0.717) is 0 Å². The number of methoxy groups -OCH3 is 1. The Morgan fingerprint density at radius 2 is 2.07 bits per heavy atom. The Balaban J connectivity index is 2.56. The van der Waals surface area contributed by atoms with Crippen LogP contribution < -0.4 is 10.5 Å². The van der Waals surface area contributed by atoms with Crippen molar-refractivity contribution in [1.29, 1.82) is 0 Å². The number of rotatable bonds is 2. The molecule has 0 atom stereocenters. The molecule has 1 aromatic heterocycles. The third-order valence-electron chi connectivity index (χ3n) is 2.80. The molecule has 0 spiro atoms. The third kappa shape index (κ3) is 1.38. The van der Waals surface area contributed by atoms with Gasteiger partial charge in [-0.25, -0.2) is 0 Å². The molecule has 1 fully saturated rings. The molecule has 1 aliphatic rings. The number of nitrogens with two attached hydrogens (primary N) is 1. The first kappa shape index (κ1) is 9.46. The predicted molar refractivity (Wildman–Crippen MR) is 55.4 cm³/mol. The highest BCUT2D eigenvalue weighted by atomic mass is 16.5. The summed E-state index contributed by atoms with van der Waals surface area (Å²) >= 11 is 0. The molecule has 0 bridgehead atoms. The van der Waals surface area contributed by atoms with Gasteiger partial charge in [0.15, 0.2) is 0 Å². The van der Waals surface area contributed by atoms with Crippen molar-refractivity contribution in [1.82, 2.24) is 4.98 Å². The zero-order valence-electron chi connectivity index (χ0n) is 8.92. The number of nitrogens with zero attached hydrogens (tertiary/aromatic N) is 1. The Hall–Kier alpha value is -1.09. The lowest BCUT2D eigenvalue weighted by molar-refractivity contribution is 0.402. The van der Waals surface area contributed by atoms with E-state index in [9.17, 15) is 0 Å². The van der Waals surface area contributed by atoms with Crippen LogP contribution in [0.15, 0.2) is 6.07 Å². The lowest BCUT2D eigenvalue weighted by Crippen LogP contribution is -2.22. The fourth-order valence-corrected chi connectivity index (χ4v) is 1.94. The zero-order valence-corrected chi connectivity index (χ0v) is 8.92. The molecular weight excluding hydrogens is 176 g/mol. The minimum atomic E-state index is -0.171. The Bertz CT molecular complexity index is 370. The molecule has 0 saturated heterocycles. The highest BCUT2D eigenvalue weighted by Crippen LogP contribution is 2.47. The maximum atomic E-state index is 6.18. The minimum Gasteiger partial charge on any atom is -0.496 e. The van der Waals surface area contributed by atoms with Gasteiger partial charge < -0.3 is 10.5 Å². The van der Waals surface area contributed by atoms with Gasteiger partial charge in [0.1, 0.15) is 5.75 Å². The van der Waals surface area contributed by atoms with Crippen molar-refractivity contribution < 1.29 is 4.74 Å². The summed E-state index contributed by atoms with van der Waals surface area (Å²) < 4.78 is 5.35. The van der Waals surface area contributed by atoms with Crippen LogP contribution in [0.5, 0.6) is 5.75 Å². The van der Waals surface area contributed by atoms with Crippen LogP contribution in [0.25, 0.3) is 0 Å². The van der Waals surface area contributed by atoms with E-state index in [1.807, 2.05) is 19.9 Å². The van der Waals surface area contributed by atoms with Crippen molar-refractivity contribution in [2.24, 2.45) is 5.73 Å². The van der Waals surface area contributed by atoms with Gasteiger partial charge in [0.25, 0.3) is 0 Å². The van der Waals surface area contributed by atoms with Crippen LogP contribution in [-0.2, 0) is 5.54 Å². The molecule has 2 rings (SSSR count). The fourth-order valence-electron chi connectivity index (χ4n) is 1.94. The molecule has 0 aliphatic heterocycles. The van der Waals surface area contributed by atoms with Crippen LogP contribution in [0, 0.1) is 13.8 Å². The molecule has 1 heterocycles. The summed E-state index contributed by atoms with van der Waals surface area (Å²) in [6.45, 7) is 3.97.